The summed E-state index contributed by atoms with van der Waals surface area (Å²) >= 11 is 0. The molecule has 0 aromatic carbocycles. The zero-order chi connectivity index (χ0) is 18.3. The number of aromatic nitrogens is 2. The number of rotatable bonds is 3. The number of carbonyl (C=O) groups excluding carboxylic acids is 2. The third-order valence-electron chi connectivity index (χ3n) is 3.92. The fourth-order valence-electron chi connectivity index (χ4n) is 2.83. The number of aryl methyl sites for hydroxylation is 1. The fraction of sp³-hybridized carbons (Fsp3) is 0.667. The first-order valence-corrected chi connectivity index (χ1v) is 7.63. The van der Waals surface area contributed by atoms with E-state index in [4.69, 9.17) is 10.5 Å². The molecule has 0 spiro atoms. The number of hydrogen-bond acceptors (Lipinski definition) is 6. The molecule has 0 atom stereocenters. The van der Waals surface area contributed by atoms with Crippen LogP contribution in [-0.2, 0) is 16.8 Å². The molecule has 1 aliphatic heterocycles. The largest absolute Gasteiger partial charge is 0.444 e. The minimum atomic E-state index is -1.25. The second-order valence-corrected chi connectivity index (χ2v) is 7.06. The Morgan fingerprint density at radius 1 is 1.33 bits per heavy atom. The van der Waals surface area contributed by atoms with Crippen molar-refractivity contribution in [3.8, 4) is 0 Å². The smallest absolute Gasteiger partial charge is 0.410 e. The van der Waals surface area contributed by atoms with Crippen LogP contribution in [-0.4, -0.2) is 62.3 Å². The standard InChI is InChI=1S/C15H24N4O5/c1-9-11(12(16)22)10-5-18(13(23)24-14(2,3)4)6-15(7-20,8-21)19(10)17-9/h20-21H,5-8H2,1-4H3,(H2,16,22). The molecule has 2 heterocycles. The molecule has 0 aliphatic carbocycles. The van der Waals surface area contributed by atoms with Crippen LogP contribution in [0.3, 0.4) is 0 Å². The molecule has 1 aromatic rings. The van der Waals surface area contributed by atoms with Gasteiger partial charge in [0.25, 0.3) is 5.91 Å². The molecule has 9 nitrogen and oxygen atoms in total. The zero-order valence-corrected chi connectivity index (χ0v) is 14.4. The first-order valence-electron chi connectivity index (χ1n) is 7.63. The van der Waals surface area contributed by atoms with E-state index in [2.05, 4.69) is 5.10 Å². The number of aliphatic hydroxyl groups is 2. The normalized spacial score (nSPS) is 16.7. The maximum Gasteiger partial charge on any atom is 0.410 e. The number of nitrogens with two attached hydrogens (primary N) is 1. The van der Waals surface area contributed by atoms with Crippen molar-refractivity contribution < 1.29 is 24.5 Å². The van der Waals surface area contributed by atoms with E-state index < -0.39 is 36.4 Å². The van der Waals surface area contributed by atoms with E-state index in [0.29, 0.717) is 11.4 Å². The van der Waals surface area contributed by atoms with Crippen molar-refractivity contribution in [3.63, 3.8) is 0 Å². The van der Waals surface area contributed by atoms with Crippen LogP contribution in [0.5, 0.6) is 0 Å². The first-order chi connectivity index (χ1) is 11.0. The van der Waals surface area contributed by atoms with E-state index in [-0.39, 0.29) is 18.7 Å². The van der Waals surface area contributed by atoms with Crippen LogP contribution < -0.4 is 5.73 Å². The van der Waals surface area contributed by atoms with Gasteiger partial charge in [-0.1, -0.05) is 0 Å². The van der Waals surface area contributed by atoms with Crippen molar-refractivity contribution in [1.82, 2.24) is 14.7 Å². The van der Waals surface area contributed by atoms with Crippen LogP contribution in [0.15, 0.2) is 0 Å². The molecule has 0 fully saturated rings. The van der Waals surface area contributed by atoms with Crippen LogP contribution in [0, 0.1) is 6.92 Å². The molecule has 0 saturated carbocycles. The Morgan fingerprint density at radius 3 is 2.38 bits per heavy atom. The van der Waals surface area contributed by atoms with E-state index in [1.807, 2.05) is 0 Å². The van der Waals surface area contributed by atoms with Gasteiger partial charge in [0.2, 0.25) is 0 Å². The maximum absolute atomic E-state index is 12.4. The number of amides is 2. The third-order valence-corrected chi connectivity index (χ3v) is 3.92. The van der Waals surface area contributed by atoms with Crippen molar-refractivity contribution in [1.29, 1.82) is 0 Å². The Morgan fingerprint density at radius 2 is 1.92 bits per heavy atom. The van der Waals surface area contributed by atoms with Crippen molar-refractivity contribution >= 4 is 12.0 Å². The average molecular weight is 340 g/mol. The first kappa shape index (κ1) is 18.2. The van der Waals surface area contributed by atoms with Crippen LogP contribution in [0.25, 0.3) is 0 Å². The number of primary amides is 1. The fourth-order valence-corrected chi connectivity index (χ4v) is 2.83. The lowest BCUT2D eigenvalue weighted by Crippen LogP contribution is -2.57. The van der Waals surface area contributed by atoms with Crippen LogP contribution in [0.2, 0.25) is 0 Å². The number of ether oxygens (including phenoxy) is 1. The third kappa shape index (κ3) is 3.09. The van der Waals surface area contributed by atoms with E-state index in [9.17, 15) is 19.8 Å². The van der Waals surface area contributed by atoms with Crippen molar-refractivity contribution in [3.05, 3.63) is 17.0 Å². The summed E-state index contributed by atoms with van der Waals surface area (Å²) in [6.45, 7) is 5.96. The summed E-state index contributed by atoms with van der Waals surface area (Å²) in [5.74, 6) is -0.676. The number of fused-ring (bicyclic) bond motifs is 1. The van der Waals surface area contributed by atoms with Gasteiger partial charge in [-0.15, -0.1) is 0 Å². The summed E-state index contributed by atoms with van der Waals surface area (Å²) in [5.41, 5.74) is 4.43. The molecular weight excluding hydrogens is 316 g/mol. The van der Waals surface area contributed by atoms with E-state index in [1.165, 1.54) is 9.58 Å². The van der Waals surface area contributed by atoms with Crippen molar-refractivity contribution in [2.75, 3.05) is 19.8 Å². The molecule has 0 bridgehead atoms. The number of hydrogen-bond donors (Lipinski definition) is 3. The van der Waals surface area contributed by atoms with Gasteiger partial charge in [-0.2, -0.15) is 5.10 Å². The van der Waals surface area contributed by atoms with Crippen LogP contribution in [0.4, 0.5) is 4.79 Å². The van der Waals surface area contributed by atoms with Crippen LogP contribution >= 0.6 is 0 Å². The molecule has 24 heavy (non-hydrogen) atoms. The second kappa shape index (κ2) is 6.06. The quantitative estimate of drug-likeness (QED) is 0.693. The Balaban J connectivity index is 2.51. The highest BCUT2D eigenvalue weighted by Gasteiger charge is 2.44. The Bertz CT molecular complexity index is 658. The van der Waals surface area contributed by atoms with E-state index >= 15 is 0 Å². The molecule has 0 unspecified atom stereocenters. The van der Waals surface area contributed by atoms with Gasteiger partial charge in [0, 0.05) is 0 Å². The summed E-state index contributed by atoms with van der Waals surface area (Å²) in [6.07, 6.45) is -0.603. The molecule has 134 valence electrons. The molecule has 2 rings (SSSR count). The lowest BCUT2D eigenvalue weighted by Gasteiger charge is -2.41. The molecule has 1 aromatic heterocycles. The average Bonchev–Trinajstić information content (AvgIpc) is 2.80. The van der Waals surface area contributed by atoms with Gasteiger partial charge in [0.05, 0.1) is 43.3 Å². The van der Waals surface area contributed by atoms with Gasteiger partial charge in [-0.3, -0.25) is 14.4 Å². The lowest BCUT2D eigenvalue weighted by molar-refractivity contribution is -0.0230. The summed E-state index contributed by atoms with van der Waals surface area (Å²) in [7, 11) is 0. The van der Waals surface area contributed by atoms with Gasteiger partial charge in [0.1, 0.15) is 11.1 Å². The van der Waals surface area contributed by atoms with E-state index in [1.54, 1.807) is 27.7 Å². The molecule has 9 heteroatoms. The highest BCUT2D eigenvalue weighted by atomic mass is 16.6. The molecule has 2 amide bonds. The van der Waals surface area contributed by atoms with Gasteiger partial charge in [-0.05, 0) is 27.7 Å². The number of nitrogens with zero attached hydrogens (tertiary/aromatic N) is 3. The second-order valence-electron chi connectivity index (χ2n) is 7.06. The predicted molar refractivity (Wildman–Crippen MR) is 84.3 cm³/mol. The monoisotopic (exact) mass is 340 g/mol. The SMILES string of the molecule is Cc1nn2c(c1C(N)=O)CN(C(=O)OC(C)(C)C)CC2(CO)CO. The Hall–Kier alpha value is -2.13. The zero-order valence-electron chi connectivity index (χ0n) is 14.4. The minimum absolute atomic E-state index is 0.00123. The van der Waals surface area contributed by atoms with Crippen molar-refractivity contribution in [2.24, 2.45) is 5.73 Å². The minimum Gasteiger partial charge on any atom is -0.444 e. The molecule has 4 N–H and O–H groups in total. The van der Waals surface area contributed by atoms with Gasteiger partial charge in [0.15, 0.2) is 0 Å². The molecular formula is C15H24N4O5. The molecule has 0 radical (unpaired) electrons. The highest BCUT2D eigenvalue weighted by Crippen LogP contribution is 2.30. The van der Waals surface area contributed by atoms with Crippen molar-refractivity contribution in [2.45, 2.75) is 45.4 Å². The number of aliphatic hydroxyl groups excluding tert-OH is 2. The summed E-state index contributed by atoms with van der Waals surface area (Å²) < 4.78 is 6.77. The summed E-state index contributed by atoms with van der Waals surface area (Å²) in [4.78, 5) is 25.5. The summed E-state index contributed by atoms with van der Waals surface area (Å²) in [5, 5.41) is 23.9. The lowest BCUT2D eigenvalue weighted by atomic mass is 9.97. The van der Waals surface area contributed by atoms with Crippen LogP contribution in [0.1, 0.15) is 42.5 Å². The topological polar surface area (TPSA) is 131 Å². The maximum atomic E-state index is 12.4. The molecule has 0 saturated heterocycles. The summed E-state index contributed by atoms with van der Waals surface area (Å²) in [6, 6.07) is 0. The van der Waals surface area contributed by atoms with Gasteiger partial charge >= 0.3 is 6.09 Å². The predicted octanol–water partition coefficient (Wildman–Crippen LogP) is -0.279. The highest BCUT2D eigenvalue weighted by molar-refractivity contribution is 5.95. The van der Waals surface area contributed by atoms with Gasteiger partial charge < -0.3 is 20.7 Å². The van der Waals surface area contributed by atoms with Gasteiger partial charge in [-0.25, -0.2) is 4.79 Å². The van der Waals surface area contributed by atoms with E-state index in [0.717, 1.165) is 0 Å². The number of carbonyl (C=O) groups is 2. The Labute approximate surface area is 140 Å². The molecule has 1 aliphatic rings. The Kier molecular flexibility index (Phi) is 4.60.